The maximum Gasteiger partial charge on any atom is 0.139 e. The van der Waals surface area contributed by atoms with Crippen molar-refractivity contribution in [3.05, 3.63) is 0 Å². The van der Waals surface area contributed by atoms with Crippen molar-refractivity contribution in [3.8, 4) is 0 Å². The summed E-state index contributed by atoms with van der Waals surface area (Å²) < 4.78 is 0. The van der Waals surface area contributed by atoms with E-state index in [4.69, 9.17) is 0 Å². The molecule has 4 aliphatic carbocycles. The molecular formula is C20H29NO3. The molecule has 0 aromatic carbocycles. The van der Waals surface area contributed by atoms with Crippen molar-refractivity contribution < 1.29 is 14.8 Å². The topological polar surface area (TPSA) is 66.7 Å². The number of oxime groups is 1. The highest BCUT2D eigenvalue weighted by Crippen LogP contribution is 2.65. The molecule has 0 spiro atoms. The maximum absolute atomic E-state index is 12.5. The summed E-state index contributed by atoms with van der Waals surface area (Å²) in [5.41, 5.74) is 0.394. The lowest BCUT2D eigenvalue weighted by atomic mass is 9.42. The van der Waals surface area contributed by atoms with E-state index in [1.165, 1.54) is 0 Å². The molecule has 0 radical (unpaired) electrons. The number of hydrogen-bond acceptors (Lipinski definition) is 4. The zero-order valence-electron chi connectivity index (χ0n) is 15.0. The number of ketones is 2. The van der Waals surface area contributed by atoms with Crippen molar-refractivity contribution >= 4 is 17.3 Å². The smallest absolute Gasteiger partial charge is 0.139 e. The second kappa shape index (κ2) is 5.15. The van der Waals surface area contributed by atoms with Gasteiger partial charge in [-0.3, -0.25) is 9.59 Å². The van der Waals surface area contributed by atoms with Crippen molar-refractivity contribution in [2.24, 2.45) is 45.6 Å². The molecule has 7 atom stereocenters. The van der Waals surface area contributed by atoms with Crippen molar-refractivity contribution in [2.75, 3.05) is 0 Å². The van der Waals surface area contributed by atoms with Gasteiger partial charge < -0.3 is 5.21 Å². The van der Waals surface area contributed by atoms with E-state index in [1.54, 1.807) is 0 Å². The van der Waals surface area contributed by atoms with E-state index in [2.05, 4.69) is 25.9 Å². The number of carbonyl (C=O) groups excluding carboxylic acids is 2. The predicted molar refractivity (Wildman–Crippen MR) is 90.9 cm³/mol. The van der Waals surface area contributed by atoms with Gasteiger partial charge in [0.05, 0.1) is 5.71 Å². The van der Waals surface area contributed by atoms with Gasteiger partial charge in [0.1, 0.15) is 11.6 Å². The summed E-state index contributed by atoms with van der Waals surface area (Å²) in [4.78, 5) is 24.7. The molecule has 0 aliphatic heterocycles. The van der Waals surface area contributed by atoms with Crippen molar-refractivity contribution in [2.45, 2.75) is 65.7 Å². The molecular weight excluding hydrogens is 302 g/mol. The molecule has 1 N–H and O–H groups in total. The van der Waals surface area contributed by atoms with Gasteiger partial charge in [0.15, 0.2) is 0 Å². The van der Waals surface area contributed by atoms with Crippen LogP contribution in [0.3, 0.4) is 0 Å². The number of Topliss-reactive ketones (excluding diaryl/α,β-unsaturated/α-hetero) is 2. The minimum Gasteiger partial charge on any atom is -0.411 e. The SMILES string of the molecule is C[C@@H]1CC2CC(=O)C/C(=N\O)[C@]2(C)[C@H]2CC[C@]3(C)C(=O)CC[C@H]3[C@H]12. The predicted octanol–water partition coefficient (Wildman–Crippen LogP) is 3.85. The summed E-state index contributed by atoms with van der Waals surface area (Å²) in [6.45, 7) is 6.75. The minimum absolute atomic E-state index is 0.139. The molecule has 0 amide bonds. The Kier molecular flexibility index (Phi) is 3.50. The molecule has 4 rings (SSSR count). The number of carbonyl (C=O) groups is 2. The normalized spacial score (nSPS) is 52.8. The summed E-state index contributed by atoms with van der Waals surface area (Å²) in [7, 11) is 0. The molecule has 24 heavy (non-hydrogen) atoms. The third-order valence-electron chi connectivity index (χ3n) is 8.55. The van der Waals surface area contributed by atoms with Gasteiger partial charge in [-0.1, -0.05) is 25.9 Å². The zero-order valence-corrected chi connectivity index (χ0v) is 15.0. The number of rotatable bonds is 0. The van der Waals surface area contributed by atoms with E-state index in [9.17, 15) is 14.8 Å². The molecule has 132 valence electrons. The Bertz CT molecular complexity index is 626. The highest BCUT2D eigenvalue weighted by atomic mass is 16.4. The van der Waals surface area contributed by atoms with Gasteiger partial charge in [0.2, 0.25) is 0 Å². The van der Waals surface area contributed by atoms with Gasteiger partial charge in [0.25, 0.3) is 0 Å². The zero-order chi connectivity index (χ0) is 17.3. The molecule has 4 saturated carbocycles. The highest BCUT2D eigenvalue weighted by Gasteiger charge is 2.63. The van der Waals surface area contributed by atoms with Gasteiger partial charge in [-0.15, -0.1) is 0 Å². The van der Waals surface area contributed by atoms with Crippen LogP contribution in [0.1, 0.15) is 65.7 Å². The average Bonchev–Trinajstić information content (AvgIpc) is 2.84. The Morgan fingerprint density at radius 2 is 1.92 bits per heavy atom. The Labute approximate surface area is 144 Å². The van der Waals surface area contributed by atoms with E-state index in [-0.39, 0.29) is 16.6 Å². The lowest BCUT2D eigenvalue weighted by Gasteiger charge is -2.61. The molecule has 1 unspecified atom stereocenters. The molecule has 4 nitrogen and oxygen atoms in total. The van der Waals surface area contributed by atoms with Crippen LogP contribution in [0.25, 0.3) is 0 Å². The summed E-state index contributed by atoms with van der Waals surface area (Å²) >= 11 is 0. The van der Waals surface area contributed by atoms with Gasteiger partial charge in [-0.25, -0.2) is 0 Å². The first-order valence-electron chi connectivity index (χ1n) is 9.58. The molecule has 0 bridgehead atoms. The van der Waals surface area contributed by atoms with E-state index >= 15 is 0 Å². The van der Waals surface area contributed by atoms with Gasteiger partial charge in [-0.2, -0.15) is 0 Å². The third kappa shape index (κ3) is 1.89. The lowest BCUT2D eigenvalue weighted by Crippen LogP contribution is -2.59. The fourth-order valence-corrected chi connectivity index (χ4v) is 7.23. The van der Waals surface area contributed by atoms with Crippen LogP contribution in [-0.4, -0.2) is 22.5 Å². The first-order chi connectivity index (χ1) is 11.3. The molecule has 0 aromatic heterocycles. The largest absolute Gasteiger partial charge is 0.411 e. The van der Waals surface area contributed by atoms with E-state index in [0.29, 0.717) is 53.9 Å². The van der Waals surface area contributed by atoms with Gasteiger partial charge in [-0.05, 0) is 55.3 Å². The summed E-state index contributed by atoms with van der Waals surface area (Å²) in [5.74, 6) is 2.93. The molecule has 4 fully saturated rings. The summed E-state index contributed by atoms with van der Waals surface area (Å²) in [6, 6.07) is 0. The quantitative estimate of drug-likeness (QED) is 0.541. The van der Waals surface area contributed by atoms with E-state index in [0.717, 1.165) is 32.1 Å². The van der Waals surface area contributed by atoms with Gasteiger partial charge in [0, 0.05) is 30.1 Å². The standard InChI is InChI=1S/C20H29NO3/c1-11-8-12-9-13(22)10-16(21-24)20(12,3)15-6-7-19(2)14(18(11)15)4-5-17(19)23/h11-12,14-15,18,24H,4-10H2,1-3H3/b21-16+/t11-,12?,14+,15+,18+,19+,20+/m1/s1. The third-order valence-corrected chi connectivity index (χ3v) is 8.55. The molecule has 4 heteroatoms. The molecule has 4 aliphatic rings. The fourth-order valence-electron chi connectivity index (χ4n) is 7.23. The van der Waals surface area contributed by atoms with E-state index < -0.39 is 0 Å². The summed E-state index contributed by atoms with van der Waals surface area (Å²) in [5, 5.41) is 13.2. The number of fused-ring (bicyclic) bond motifs is 5. The van der Waals surface area contributed by atoms with Crippen LogP contribution in [0.5, 0.6) is 0 Å². The van der Waals surface area contributed by atoms with Crippen LogP contribution in [0.15, 0.2) is 5.16 Å². The Morgan fingerprint density at radius 1 is 1.17 bits per heavy atom. The van der Waals surface area contributed by atoms with Crippen LogP contribution in [0.2, 0.25) is 0 Å². The highest BCUT2D eigenvalue weighted by molar-refractivity contribution is 6.07. The second-order valence-corrected chi connectivity index (χ2v) is 9.37. The Balaban J connectivity index is 1.77. The Morgan fingerprint density at radius 3 is 2.62 bits per heavy atom. The second-order valence-electron chi connectivity index (χ2n) is 9.37. The molecule has 0 saturated heterocycles. The lowest BCUT2D eigenvalue weighted by molar-refractivity contribution is -0.139. The molecule has 0 heterocycles. The van der Waals surface area contributed by atoms with Crippen molar-refractivity contribution in [3.63, 3.8) is 0 Å². The Hall–Kier alpha value is -1.19. The first-order valence-corrected chi connectivity index (χ1v) is 9.58. The van der Waals surface area contributed by atoms with Crippen molar-refractivity contribution in [1.82, 2.24) is 0 Å². The van der Waals surface area contributed by atoms with Crippen LogP contribution < -0.4 is 0 Å². The van der Waals surface area contributed by atoms with Crippen molar-refractivity contribution in [1.29, 1.82) is 0 Å². The average molecular weight is 331 g/mol. The van der Waals surface area contributed by atoms with Crippen LogP contribution >= 0.6 is 0 Å². The van der Waals surface area contributed by atoms with Crippen LogP contribution in [-0.2, 0) is 9.59 Å². The summed E-state index contributed by atoms with van der Waals surface area (Å²) in [6.07, 6.45) is 5.69. The first kappa shape index (κ1) is 16.3. The van der Waals surface area contributed by atoms with Gasteiger partial charge >= 0.3 is 0 Å². The minimum atomic E-state index is -0.174. The molecule has 0 aromatic rings. The van der Waals surface area contributed by atoms with Crippen LogP contribution in [0, 0.1) is 40.4 Å². The monoisotopic (exact) mass is 331 g/mol. The van der Waals surface area contributed by atoms with Crippen LogP contribution in [0.4, 0.5) is 0 Å². The van der Waals surface area contributed by atoms with E-state index in [1.807, 2.05) is 0 Å². The number of nitrogens with zero attached hydrogens (tertiary/aromatic N) is 1. The number of hydrogen-bond donors (Lipinski definition) is 1. The maximum atomic E-state index is 12.5. The fraction of sp³-hybridized carbons (Fsp3) is 0.850.